The van der Waals surface area contributed by atoms with Crippen LogP contribution < -0.4 is 11.2 Å². The first-order chi connectivity index (χ1) is 7.66. The van der Waals surface area contributed by atoms with Crippen LogP contribution in [0.1, 0.15) is 11.3 Å². The van der Waals surface area contributed by atoms with E-state index in [0.29, 0.717) is 6.54 Å². The Hall–Kier alpha value is -2.17. The number of aryl methyl sites for hydroxylation is 1. The summed E-state index contributed by atoms with van der Waals surface area (Å²) >= 11 is 0. The maximum Gasteiger partial charge on any atom is 0.345 e. The Balaban J connectivity index is 2.40. The molecule has 0 spiro atoms. The quantitative estimate of drug-likeness (QED) is 0.786. The highest BCUT2D eigenvalue weighted by Gasteiger charge is 2.02. The van der Waals surface area contributed by atoms with Crippen LogP contribution in [0.3, 0.4) is 0 Å². The van der Waals surface area contributed by atoms with Gasteiger partial charge in [0.15, 0.2) is 0 Å². The maximum absolute atomic E-state index is 11.4. The molecule has 0 fully saturated rings. The van der Waals surface area contributed by atoms with Crippen molar-refractivity contribution in [3.8, 4) is 0 Å². The first kappa shape index (κ1) is 10.4. The molecule has 2 aromatic rings. The molecule has 0 aliphatic carbocycles. The normalized spacial score (nSPS) is 10.3. The van der Waals surface area contributed by atoms with Crippen LogP contribution >= 0.6 is 0 Å². The van der Waals surface area contributed by atoms with Crippen LogP contribution in [-0.4, -0.2) is 14.8 Å². The molecule has 0 atom stereocenters. The number of nitrogens with one attached hydrogen (secondary N) is 1. The summed E-state index contributed by atoms with van der Waals surface area (Å²) in [6.45, 7) is 1.93. The topological polar surface area (TPSA) is 67.8 Å². The molecule has 1 aromatic carbocycles. The van der Waals surface area contributed by atoms with Crippen LogP contribution in [0.5, 0.6) is 0 Å². The van der Waals surface area contributed by atoms with E-state index in [1.807, 2.05) is 30.3 Å². The zero-order chi connectivity index (χ0) is 11.5. The molecule has 1 heterocycles. The summed E-state index contributed by atoms with van der Waals surface area (Å²) in [7, 11) is 0. The van der Waals surface area contributed by atoms with Gasteiger partial charge in [0.1, 0.15) is 5.69 Å². The van der Waals surface area contributed by atoms with Gasteiger partial charge in [0.2, 0.25) is 0 Å². The Labute approximate surface area is 91.4 Å². The molecule has 0 saturated heterocycles. The Morgan fingerprint density at radius 2 is 1.94 bits per heavy atom. The third-order valence-corrected chi connectivity index (χ3v) is 2.23. The van der Waals surface area contributed by atoms with Crippen molar-refractivity contribution in [2.24, 2.45) is 0 Å². The Bertz CT molecular complexity index is 599. The summed E-state index contributed by atoms with van der Waals surface area (Å²) in [4.78, 5) is 24.8. The van der Waals surface area contributed by atoms with Crippen molar-refractivity contribution in [2.45, 2.75) is 13.5 Å². The minimum Gasteiger partial charge on any atom is -0.271 e. The van der Waals surface area contributed by atoms with Crippen LogP contribution in [0, 0.1) is 6.92 Å². The highest BCUT2D eigenvalue weighted by Crippen LogP contribution is 1.98. The standard InChI is InChI=1S/C11H11N3O2/c1-8-10(15)12-11(16)14(13-8)7-9-5-3-2-4-6-9/h2-6H,7H2,1H3,(H,12,15,16). The van der Waals surface area contributed by atoms with E-state index in [-0.39, 0.29) is 5.69 Å². The zero-order valence-corrected chi connectivity index (χ0v) is 8.80. The second kappa shape index (κ2) is 4.14. The van der Waals surface area contributed by atoms with E-state index in [1.165, 1.54) is 4.68 Å². The molecule has 0 bridgehead atoms. The third-order valence-electron chi connectivity index (χ3n) is 2.23. The van der Waals surface area contributed by atoms with Gasteiger partial charge in [-0.2, -0.15) is 5.10 Å². The number of aromatic amines is 1. The fourth-order valence-electron chi connectivity index (χ4n) is 1.39. The molecular weight excluding hydrogens is 206 g/mol. The van der Waals surface area contributed by atoms with Gasteiger partial charge in [-0.05, 0) is 12.5 Å². The van der Waals surface area contributed by atoms with Gasteiger partial charge in [-0.25, -0.2) is 9.48 Å². The molecule has 1 N–H and O–H groups in total. The van der Waals surface area contributed by atoms with Crippen molar-refractivity contribution in [3.63, 3.8) is 0 Å². The first-order valence-corrected chi connectivity index (χ1v) is 4.89. The van der Waals surface area contributed by atoms with Gasteiger partial charge in [-0.1, -0.05) is 30.3 Å². The largest absolute Gasteiger partial charge is 0.345 e. The average molecular weight is 217 g/mol. The fraction of sp³-hybridized carbons (Fsp3) is 0.182. The molecule has 0 unspecified atom stereocenters. The summed E-state index contributed by atoms with van der Waals surface area (Å²) in [5.74, 6) is 0. The second-order valence-corrected chi connectivity index (χ2v) is 3.49. The summed E-state index contributed by atoms with van der Waals surface area (Å²) < 4.78 is 1.24. The second-order valence-electron chi connectivity index (χ2n) is 3.49. The monoisotopic (exact) mass is 217 g/mol. The lowest BCUT2D eigenvalue weighted by Gasteiger charge is -2.04. The van der Waals surface area contributed by atoms with Crippen LogP contribution in [0.15, 0.2) is 39.9 Å². The molecule has 2 rings (SSSR count). The summed E-state index contributed by atoms with van der Waals surface area (Å²) in [5, 5.41) is 3.93. The molecule has 0 amide bonds. The Morgan fingerprint density at radius 1 is 1.25 bits per heavy atom. The van der Waals surface area contributed by atoms with Crippen molar-refractivity contribution in [1.82, 2.24) is 14.8 Å². The van der Waals surface area contributed by atoms with Crippen molar-refractivity contribution in [2.75, 3.05) is 0 Å². The molecular formula is C11H11N3O2. The van der Waals surface area contributed by atoms with E-state index in [1.54, 1.807) is 6.92 Å². The molecule has 16 heavy (non-hydrogen) atoms. The fourth-order valence-corrected chi connectivity index (χ4v) is 1.39. The van der Waals surface area contributed by atoms with Crippen LogP contribution in [0.4, 0.5) is 0 Å². The molecule has 82 valence electrons. The minimum atomic E-state index is -0.487. The molecule has 0 aliphatic rings. The number of aromatic nitrogens is 3. The van der Waals surface area contributed by atoms with Gasteiger partial charge in [0.25, 0.3) is 5.56 Å². The molecule has 0 radical (unpaired) electrons. The number of nitrogens with zero attached hydrogens (tertiary/aromatic N) is 2. The van der Waals surface area contributed by atoms with Crippen LogP contribution in [-0.2, 0) is 6.54 Å². The molecule has 5 nitrogen and oxygen atoms in total. The highest BCUT2D eigenvalue weighted by atomic mass is 16.2. The van der Waals surface area contributed by atoms with E-state index >= 15 is 0 Å². The maximum atomic E-state index is 11.4. The average Bonchev–Trinajstić information content (AvgIpc) is 2.27. The number of H-pyrrole nitrogens is 1. The molecule has 5 heteroatoms. The molecule has 0 saturated carbocycles. The van der Waals surface area contributed by atoms with Crippen molar-refractivity contribution in [1.29, 1.82) is 0 Å². The van der Waals surface area contributed by atoms with Gasteiger partial charge in [-0.3, -0.25) is 9.78 Å². The SMILES string of the molecule is Cc1nn(Cc2ccccc2)c(=O)[nH]c1=O. The Kier molecular flexibility index (Phi) is 2.68. The van der Waals surface area contributed by atoms with Gasteiger partial charge in [-0.15, -0.1) is 0 Å². The van der Waals surface area contributed by atoms with E-state index in [2.05, 4.69) is 10.1 Å². The lowest BCUT2D eigenvalue weighted by Crippen LogP contribution is -2.34. The number of hydrogen-bond acceptors (Lipinski definition) is 3. The third kappa shape index (κ3) is 2.08. The van der Waals surface area contributed by atoms with Crippen molar-refractivity contribution in [3.05, 3.63) is 62.4 Å². The van der Waals surface area contributed by atoms with Crippen molar-refractivity contribution >= 4 is 0 Å². The smallest absolute Gasteiger partial charge is 0.271 e. The summed E-state index contributed by atoms with van der Waals surface area (Å²) in [6, 6.07) is 9.47. The van der Waals surface area contributed by atoms with Crippen LogP contribution in [0.2, 0.25) is 0 Å². The van der Waals surface area contributed by atoms with Gasteiger partial charge >= 0.3 is 5.69 Å². The summed E-state index contributed by atoms with van der Waals surface area (Å²) in [6.07, 6.45) is 0. The number of benzene rings is 1. The van der Waals surface area contributed by atoms with E-state index in [9.17, 15) is 9.59 Å². The molecule has 0 aliphatic heterocycles. The van der Waals surface area contributed by atoms with E-state index in [0.717, 1.165) is 5.56 Å². The number of rotatable bonds is 2. The van der Waals surface area contributed by atoms with E-state index < -0.39 is 11.2 Å². The summed E-state index contributed by atoms with van der Waals surface area (Å²) in [5.41, 5.74) is 0.327. The van der Waals surface area contributed by atoms with Gasteiger partial charge in [0, 0.05) is 0 Å². The molecule has 1 aromatic heterocycles. The lowest BCUT2D eigenvalue weighted by molar-refractivity contribution is 0.596. The predicted molar refractivity (Wildman–Crippen MR) is 59.4 cm³/mol. The zero-order valence-electron chi connectivity index (χ0n) is 8.80. The van der Waals surface area contributed by atoms with Gasteiger partial charge < -0.3 is 0 Å². The van der Waals surface area contributed by atoms with Crippen LogP contribution in [0.25, 0.3) is 0 Å². The Morgan fingerprint density at radius 3 is 2.62 bits per heavy atom. The minimum absolute atomic E-state index is 0.288. The van der Waals surface area contributed by atoms with Gasteiger partial charge in [0.05, 0.1) is 6.54 Å². The highest BCUT2D eigenvalue weighted by molar-refractivity contribution is 5.14. The first-order valence-electron chi connectivity index (χ1n) is 4.89. The van der Waals surface area contributed by atoms with Crippen molar-refractivity contribution < 1.29 is 0 Å². The number of hydrogen-bond donors (Lipinski definition) is 1. The lowest BCUT2D eigenvalue weighted by atomic mass is 10.2. The van der Waals surface area contributed by atoms with E-state index in [4.69, 9.17) is 0 Å². The predicted octanol–water partition coefficient (Wildman–Crippen LogP) is 0.288.